The maximum atomic E-state index is 14.0. The molecule has 1 aliphatic heterocycles. The summed E-state index contributed by atoms with van der Waals surface area (Å²) in [7, 11) is 1.73. The quantitative estimate of drug-likeness (QED) is 0.350. The molecule has 0 aliphatic carbocycles. The highest BCUT2D eigenvalue weighted by molar-refractivity contribution is 5.27. The first-order valence-corrected chi connectivity index (χ1v) is 12.4. The summed E-state index contributed by atoms with van der Waals surface area (Å²) in [5, 5.41) is 4.40. The predicted molar refractivity (Wildman–Crippen MR) is 134 cm³/mol. The maximum Gasteiger partial charge on any atom is 0.165 e. The molecule has 188 valence electrons. The number of nitrogens with zero attached hydrogens (tertiary/aromatic N) is 3. The largest absolute Gasteiger partial charge is 0.494 e. The normalized spacial score (nSPS) is 18.8. The molecule has 0 N–H and O–H groups in total. The summed E-state index contributed by atoms with van der Waals surface area (Å²) in [6.45, 7) is 6.65. The Balaban J connectivity index is 1.22. The van der Waals surface area contributed by atoms with Crippen LogP contribution in [0.25, 0.3) is 0 Å². The molecule has 0 unspecified atom stereocenters. The molecule has 0 bridgehead atoms. The Labute approximate surface area is 207 Å². The summed E-state index contributed by atoms with van der Waals surface area (Å²) in [6, 6.07) is 16.9. The van der Waals surface area contributed by atoms with Crippen LogP contribution in [0.5, 0.6) is 11.5 Å². The Kier molecular flexibility index (Phi) is 8.77. The van der Waals surface area contributed by atoms with Gasteiger partial charge in [-0.1, -0.05) is 24.3 Å². The van der Waals surface area contributed by atoms with Crippen molar-refractivity contribution in [2.75, 3.05) is 33.4 Å². The number of aromatic nitrogens is 2. The van der Waals surface area contributed by atoms with Crippen LogP contribution in [0.15, 0.2) is 60.8 Å². The molecule has 1 atom stereocenters. The highest BCUT2D eigenvalue weighted by Crippen LogP contribution is 2.29. The number of halogens is 1. The Morgan fingerprint density at radius 2 is 1.83 bits per heavy atom. The predicted octanol–water partition coefficient (Wildman–Crippen LogP) is 5.25. The van der Waals surface area contributed by atoms with Gasteiger partial charge in [0.05, 0.1) is 12.3 Å². The van der Waals surface area contributed by atoms with Gasteiger partial charge < -0.3 is 14.2 Å². The Morgan fingerprint density at radius 1 is 1.00 bits per heavy atom. The first kappa shape index (κ1) is 25.2. The van der Waals surface area contributed by atoms with Gasteiger partial charge in [0.25, 0.3) is 0 Å². The molecule has 7 heteroatoms. The van der Waals surface area contributed by atoms with Gasteiger partial charge in [0.2, 0.25) is 0 Å². The molecule has 1 fully saturated rings. The number of ether oxygens (including phenoxy) is 3. The zero-order valence-electron chi connectivity index (χ0n) is 20.8. The van der Waals surface area contributed by atoms with Crippen LogP contribution in [0.1, 0.15) is 36.9 Å². The van der Waals surface area contributed by atoms with Crippen molar-refractivity contribution in [3.8, 4) is 11.5 Å². The average Bonchev–Trinajstić information content (AvgIpc) is 3.18. The van der Waals surface area contributed by atoms with Crippen molar-refractivity contribution >= 4 is 0 Å². The second kappa shape index (κ2) is 12.2. The van der Waals surface area contributed by atoms with Crippen LogP contribution in [0, 0.1) is 12.7 Å². The molecular weight excluding hydrogens is 445 g/mol. The summed E-state index contributed by atoms with van der Waals surface area (Å²) >= 11 is 0. The van der Waals surface area contributed by atoms with E-state index in [4.69, 9.17) is 14.2 Å². The lowest BCUT2D eigenvalue weighted by Gasteiger charge is -2.31. The van der Waals surface area contributed by atoms with E-state index in [1.54, 1.807) is 25.3 Å². The van der Waals surface area contributed by atoms with Crippen molar-refractivity contribution in [1.29, 1.82) is 0 Å². The van der Waals surface area contributed by atoms with Gasteiger partial charge in [-0.05, 0) is 68.6 Å². The van der Waals surface area contributed by atoms with Gasteiger partial charge in [-0.2, -0.15) is 5.10 Å². The minimum absolute atomic E-state index is 0.281. The van der Waals surface area contributed by atoms with Gasteiger partial charge in [-0.3, -0.25) is 9.58 Å². The Morgan fingerprint density at radius 3 is 2.57 bits per heavy atom. The van der Waals surface area contributed by atoms with E-state index in [0.717, 1.165) is 63.3 Å². The van der Waals surface area contributed by atoms with Gasteiger partial charge in [0.1, 0.15) is 18.0 Å². The van der Waals surface area contributed by atoms with Crippen LogP contribution in [0.4, 0.5) is 4.39 Å². The molecule has 1 saturated heterocycles. The second-order valence-corrected chi connectivity index (χ2v) is 9.30. The summed E-state index contributed by atoms with van der Waals surface area (Å²) in [4.78, 5) is 2.45. The highest BCUT2D eigenvalue weighted by atomic mass is 19.1. The van der Waals surface area contributed by atoms with Crippen LogP contribution in [-0.4, -0.2) is 53.7 Å². The zero-order chi connectivity index (χ0) is 24.5. The molecule has 0 spiro atoms. The first-order chi connectivity index (χ1) is 17.0. The topological polar surface area (TPSA) is 48.8 Å². The summed E-state index contributed by atoms with van der Waals surface area (Å²) in [5.74, 6) is 0.836. The molecular formula is C28H36FN3O3. The first-order valence-electron chi connectivity index (χ1n) is 12.4. The fraction of sp³-hybridized carbons (Fsp3) is 0.464. The van der Waals surface area contributed by atoms with Crippen molar-refractivity contribution in [3.63, 3.8) is 0 Å². The molecule has 1 aliphatic rings. The molecule has 0 radical (unpaired) electrons. The minimum Gasteiger partial charge on any atom is -0.494 e. The minimum atomic E-state index is -0.399. The zero-order valence-corrected chi connectivity index (χ0v) is 20.8. The molecule has 6 nitrogen and oxygen atoms in total. The van der Waals surface area contributed by atoms with E-state index in [9.17, 15) is 4.39 Å². The lowest BCUT2D eigenvalue weighted by atomic mass is 9.95. The number of likely N-dealkylation sites (tertiary alicyclic amines) is 1. The molecule has 3 aromatic rings. The molecule has 2 heterocycles. The van der Waals surface area contributed by atoms with Crippen molar-refractivity contribution in [1.82, 2.24) is 14.7 Å². The second-order valence-electron chi connectivity index (χ2n) is 9.30. The lowest BCUT2D eigenvalue weighted by Crippen LogP contribution is -2.39. The fourth-order valence-electron chi connectivity index (χ4n) is 4.51. The van der Waals surface area contributed by atoms with Gasteiger partial charge in [0.15, 0.2) is 11.6 Å². The van der Waals surface area contributed by atoms with Crippen molar-refractivity contribution < 1.29 is 18.6 Å². The van der Waals surface area contributed by atoms with E-state index in [0.29, 0.717) is 13.2 Å². The van der Waals surface area contributed by atoms with Gasteiger partial charge in [0, 0.05) is 39.4 Å². The van der Waals surface area contributed by atoms with Crippen LogP contribution in [0.2, 0.25) is 0 Å². The number of rotatable bonds is 11. The van der Waals surface area contributed by atoms with E-state index >= 15 is 0 Å². The van der Waals surface area contributed by atoms with Crippen molar-refractivity contribution in [3.05, 3.63) is 77.9 Å². The van der Waals surface area contributed by atoms with E-state index in [1.165, 1.54) is 11.6 Å². The number of benzene rings is 2. The highest BCUT2D eigenvalue weighted by Gasteiger charge is 2.34. The summed E-state index contributed by atoms with van der Waals surface area (Å²) < 4.78 is 33.5. The SMILES string of the molecule is CO[C@@]1(COc2ccccc2F)CCCN(Cc2ccc(OCCCn3ccc(C)n3)cc2)CC1. The molecule has 1 aromatic heterocycles. The number of hydrogen-bond acceptors (Lipinski definition) is 5. The van der Waals surface area contributed by atoms with Gasteiger partial charge in [-0.25, -0.2) is 4.39 Å². The number of methoxy groups -OCH3 is 1. The third kappa shape index (κ3) is 7.29. The van der Waals surface area contributed by atoms with Gasteiger partial charge in [-0.15, -0.1) is 0 Å². The third-order valence-corrected chi connectivity index (χ3v) is 6.65. The number of aryl methyl sites for hydroxylation is 2. The molecule has 2 aromatic carbocycles. The van der Waals surface area contributed by atoms with E-state index < -0.39 is 5.60 Å². The number of para-hydroxylation sites is 1. The Bertz CT molecular complexity index is 1060. The van der Waals surface area contributed by atoms with Crippen LogP contribution < -0.4 is 9.47 Å². The average molecular weight is 482 g/mol. The monoisotopic (exact) mass is 481 g/mol. The maximum absolute atomic E-state index is 14.0. The molecule has 0 saturated carbocycles. The van der Waals surface area contributed by atoms with Crippen LogP contribution in [0.3, 0.4) is 0 Å². The molecule has 0 amide bonds. The van der Waals surface area contributed by atoms with E-state index in [1.807, 2.05) is 36.0 Å². The fourth-order valence-corrected chi connectivity index (χ4v) is 4.51. The van der Waals surface area contributed by atoms with Gasteiger partial charge >= 0.3 is 0 Å². The summed E-state index contributed by atoms with van der Waals surface area (Å²) in [6.07, 6.45) is 5.65. The summed E-state index contributed by atoms with van der Waals surface area (Å²) in [5.41, 5.74) is 1.90. The standard InChI is InChI=1S/C28H36FN3O3/c1-23-13-18-32(30-23)17-6-20-34-25-11-9-24(10-12-25)21-31-16-5-14-28(33-2,15-19-31)22-35-27-8-4-3-7-26(27)29/h3-4,7-13,18H,5-6,14-17,19-22H2,1-2H3/t28-/m0/s1. The van der Waals surface area contributed by atoms with E-state index in [2.05, 4.69) is 22.1 Å². The molecule has 4 rings (SSSR count). The van der Waals surface area contributed by atoms with E-state index in [-0.39, 0.29) is 11.6 Å². The lowest BCUT2D eigenvalue weighted by molar-refractivity contribution is -0.0548. The smallest absolute Gasteiger partial charge is 0.165 e. The molecule has 35 heavy (non-hydrogen) atoms. The van der Waals surface area contributed by atoms with Crippen LogP contribution >= 0.6 is 0 Å². The van der Waals surface area contributed by atoms with Crippen molar-refractivity contribution in [2.24, 2.45) is 0 Å². The number of hydrogen-bond donors (Lipinski definition) is 0. The third-order valence-electron chi connectivity index (χ3n) is 6.65. The Hall–Kier alpha value is -2.90. The van der Waals surface area contributed by atoms with Crippen LogP contribution in [-0.2, 0) is 17.8 Å². The van der Waals surface area contributed by atoms with Crippen molar-refractivity contribution in [2.45, 2.75) is 51.3 Å².